The van der Waals surface area contributed by atoms with Crippen molar-refractivity contribution in [3.63, 3.8) is 0 Å². The van der Waals surface area contributed by atoms with Gasteiger partial charge in [0.25, 0.3) is 0 Å². The monoisotopic (exact) mass is 225 g/mol. The van der Waals surface area contributed by atoms with Crippen LogP contribution in [0.1, 0.15) is 40.5 Å². The molecule has 0 bridgehead atoms. The summed E-state index contributed by atoms with van der Waals surface area (Å²) >= 11 is 0. The minimum Gasteiger partial charge on any atom is -0.478 e. The molecular weight excluding hydrogens is 202 g/mol. The summed E-state index contributed by atoms with van der Waals surface area (Å²) < 4.78 is 0. The van der Waals surface area contributed by atoms with E-state index in [2.05, 4.69) is 32.7 Å². The van der Waals surface area contributed by atoms with E-state index in [-0.39, 0.29) is 5.54 Å². The fourth-order valence-corrected chi connectivity index (χ4v) is 2.61. The maximum atomic E-state index is 10.8. The first-order valence-electron chi connectivity index (χ1n) is 5.88. The van der Waals surface area contributed by atoms with Crippen molar-refractivity contribution >= 4 is 5.97 Å². The molecule has 0 radical (unpaired) electrons. The predicted octanol–water partition coefficient (Wildman–Crippen LogP) is 2.53. The summed E-state index contributed by atoms with van der Waals surface area (Å²) in [7, 11) is 2.15. The summed E-state index contributed by atoms with van der Waals surface area (Å²) in [6, 6.07) is 0.506. The average Bonchev–Trinajstić information content (AvgIpc) is 2.13. The van der Waals surface area contributed by atoms with Crippen molar-refractivity contribution in [3.05, 3.63) is 11.6 Å². The lowest BCUT2D eigenvalue weighted by molar-refractivity contribution is -0.132. The zero-order valence-corrected chi connectivity index (χ0v) is 10.9. The van der Waals surface area contributed by atoms with Crippen LogP contribution in [0.5, 0.6) is 0 Å². The highest BCUT2D eigenvalue weighted by Gasteiger charge is 2.35. The van der Waals surface area contributed by atoms with Crippen molar-refractivity contribution in [2.24, 2.45) is 5.92 Å². The number of aliphatic carboxylic acids is 1. The maximum Gasteiger partial charge on any atom is 0.330 e. The summed E-state index contributed by atoms with van der Waals surface area (Å²) in [6.45, 7) is 8.33. The van der Waals surface area contributed by atoms with E-state index in [0.717, 1.165) is 12.8 Å². The van der Waals surface area contributed by atoms with Gasteiger partial charge in [-0.3, -0.25) is 4.90 Å². The fourth-order valence-electron chi connectivity index (χ4n) is 2.61. The summed E-state index contributed by atoms with van der Waals surface area (Å²) in [5, 5.41) is 8.88. The summed E-state index contributed by atoms with van der Waals surface area (Å²) in [5.74, 6) is -0.415. The molecular formula is C13H23NO2. The number of carbonyl (C=O) groups is 1. The third-order valence-corrected chi connectivity index (χ3v) is 3.84. The van der Waals surface area contributed by atoms with Crippen LogP contribution in [0.25, 0.3) is 0 Å². The molecule has 0 aromatic rings. The highest BCUT2D eigenvalue weighted by Crippen LogP contribution is 2.35. The van der Waals surface area contributed by atoms with Crippen LogP contribution in [0.2, 0.25) is 0 Å². The average molecular weight is 225 g/mol. The van der Waals surface area contributed by atoms with Crippen LogP contribution in [0.4, 0.5) is 0 Å². The van der Waals surface area contributed by atoms with Crippen LogP contribution in [-0.4, -0.2) is 34.6 Å². The Kier molecular flexibility index (Phi) is 3.79. The largest absolute Gasteiger partial charge is 0.478 e. The molecule has 1 heterocycles. The predicted molar refractivity (Wildman–Crippen MR) is 65.4 cm³/mol. The van der Waals surface area contributed by atoms with Gasteiger partial charge in [0.05, 0.1) is 0 Å². The Morgan fingerprint density at radius 2 is 2.06 bits per heavy atom. The van der Waals surface area contributed by atoms with Gasteiger partial charge in [0.15, 0.2) is 0 Å². The van der Waals surface area contributed by atoms with Crippen LogP contribution in [-0.2, 0) is 4.79 Å². The molecule has 92 valence electrons. The first-order valence-corrected chi connectivity index (χ1v) is 5.88. The number of piperidine rings is 1. The first-order chi connectivity index (χ1) is 7.24. The Bertz CT molecular complexity index is 307. The van der Waals surface area contributed by atoms with Crippen molar-refractivity contribution in [2.45, 2.75) is 52.1 Å². The standard InChI is InChI=1S/C13H23NO2/c1-9(12(15)16)6-11-7-10(2)14(5)13(3,4)8-11/h6,10-11H,7-8H2,1-5H3,(H,15,16). The lowest BCUT2D eigenvalue weighted by Gasteiger charge is -2.47. The van der Waals surface area contributed by atoms with Crippen LogP contribution in [0.15, 0.2) is 11.6 Å². The highest BCUT2D eigenvalue weighted by atomic mass is 16.4. The topological polar surface area (TPSA) is 40.5 Å². The Morgan fingerprint density at radius 3 is 2.50 bits per heavy atom. The third-order valence-electron chi connectivity index (χ3n) is 3.84. The zero-order chi connectivity index (χ0) is 12.5. The minimum absolute atomic E-state index is 0.150. The molecule has 1 N–H and O–H groups in total. The molecule has 16 heavy (non-hydrogen) atoms. The minimum atomic E-state index is -0.801. The van der Waals surface area contributed by atoms with Crippen molar-refractivity contribution in [1.29, 1.82) is 0 Å². The van der Waals surface area contributed by atoms with Gasteiger partial charge in [0.2, 0.25) is 0 Å². The summed E-state index contributed by atoms with van der Waals surface area (Å²) in [4.78, 5) is 13.2. The van der Waals surface area contributed by atoms with E-state index in [1.54, 1.807) is 6.92 Å². The molecule has 1 aliphatic heterocycles. The summed E-state index contributed by atoms with van der Waals surface area (Å²) in [5.41, 5.74) is 0.620. The second kappa shape index (κ2) is 4.58. The van der Waals surface area contributed by atoms with Gasteiger partial charge in [-0.2, -0.15) is 0 Å². The van der Waals surface area contributed by atoms with Crippen LogP contribution in [0.3, 0.4) is 0 Å². The molecule has 2 unspecified atom stereocenters. The second-order valence-electron chi connectivity index (χ2n) is 5.63. The second-order valence-corrected chi connectivity index (χ2v) is 5.63. The molecule has 0 aliphatic carbocycles. The Morgan fingerprint density at radius 1 is 1.50 bits per heavy atom. The first kappa shape index (κ1) is 13.2. The number of hydrogen-bond acceptors (Lipinski definition) is 2. The van der Waals surface area contributed by atoms with Crippen LogP contribution in [0, 0.1) is 5.92 Å². The lowest BCUT2D eigenvalue weighted by Crippen LogP contribution is -2.51. The van der Waals surface area contributed by atoms with Crippen LogP contribution >= 0.6 is 0 Å². The number of carboxylic acids is 1. The molecule has 0 amide bonds. The molecule has 0 saturated carbocycles. The summed E-state index contributed by atoms with van der Waals surface area (Å²) in [6.07, 6.45) is 4.00. The van der Waals surface area contributed by atoms with E-state index >= 15 is 0 Å². The van der Waals surface area contributed by atoms with Crippen molar-refractivity contribution in [1.82, 2.24) is 4.90 Å². The molecule has 0 aromatic carbocycles. The quantitative estimate of drug-likeness (QED) is 0.734. The molecule has 1 aliphatic rings. The maximum absolute atomic E-state index is 10.8. The molecule has 2 atom stereocenters. The zero-order valence-electron chi connectivity index (χ0n) is 10.9. The van der Waals surface area contributed by atoms with Crippen molar-refractivity contribution in [3.8, 4) is 0 Å². The Balaban J connectivity index is 2.79. The van der Waals surface area contributed by atoms with Gasteiger partial charge >= 0.3 is 5.97 Å². The van der Waals surface area contributed by atoms with Gasteiger partial charge in [-0.05, 0) is 53.5 Å². The Hall–Kier alpha value is -0.830. The SMILES string of the molecule is CC(=CC1CC(C)N(C)C(C)(C)C1)C(=O)O. The smallest absolute Gasteiger partial charge is 0.330 e. The number of allylic oxidation sites excluding steroid dienone is 1. The number of rotatable bonds is 2. The molecule has 3 heteroatoms. The van der Waals surface area contributed by atoms with Crippen LogP contribution < -0.4 is 0 Å². The molecule has 1 rings (SSSR count). The number of likely N-dealkylation sites (tertiary alicyclic amines) is 1. The highest BCUT2D eigenvalue weighted by molar-refractivity contribution is 5.85. The molecule has 1 saturated heterocycles. The van der Waals surface area contributed by atoms with E-state index in [1.165, 1.54) is 0 Å². The molecule has 3 nitrogen and oxygen atoms in total. The number of hydrogen-bond donors (Lipinski definition) is 1. The Labute approximate surface area is 98.1 Å². The van der Waals surface area contributed by atoms with Gasteiger partial charge in [-0.1, -0.05) is 6.08 Å². The number of nitrogens with zero attached hydrogens (tertiary/aromatic N) is 1. The van der Waals surface area contributed by atoms with Crippen molar-refractivity contribution in [2.75, 3.05) is 7.05 Å². The molecule has 0 spiro atoms. The van der Waals surface area contributed by atoms with E-state index < -0.39 is 5.97 Å². The van der Waals surface area contributed by atoms with Gasteiger partial charge < -0.3 is 5.11 Å². The van der Waals surface area contributed by atoms with E-state index in [4.69, 9.17) is 5.11 Å². The number of carboxylic acid groups (broad SMARTS) is 1. The van der Waals surface area contributed by atoms with E-state index in [9.17, 15) is 4.79 Å². The van der Waals surface area contributed by atoms with Gasteiger partial charge in [-0.25, -0.2) is 4.79 Å². The van der Waals surface area contributed by atoms with Gasteiger partial charge in [0.1, 0.15) is 0 Å². The normalized spacial score (nSPS) is 31.4. The van der Waals surface area contributed by atoms with E-state index in [0.29, 0.717) is 17.5 Å². The van der Waals surface area contributed by atoms with E-state index in [1.807, 2.05) is 6.08 Å². The lowest BCUT2D eigenvalue weighted by atomic mass is 9.79. The molecule has 0 aromatic heterocycles. The van der Waals surface area contributed by atoms with Gasteiger partial charge in [0, 0.05) is 17.2 Å². The van der Waals surface area contributed by atoms with Crippen molar-refractivity contribution < 1.29 is 9.90 Å². The fraction of sp³-hybridized carbons (Fsp3) is 0.769. The molecule has 1 fully saturated rings. The van der Waals surface area contributed by atoms with Gasteiger partial charge in [-0.15, -0.1) is 0 Å². The third kappa shape index (κ3) is 2.85.